The Balaban J connectivity index is 1.82. The first-order chi connectivity index (χ1) is 12.9. The Bertz CT molecular complexity index is 766. The van der Waals surface area contributed by atoms with Crippen LogP contribution in [-0.4, -0.2) is 65.1 Å². The van der Waals surface area contributed by atoms with Gasteiger partial charge in [-0.05, 0) is 31.9 Å². The van der Waals surface area contributed by atoms with Gasteiger partial charge in [0.1, 0.15) is 4.21 Å². The molecule has 2 N–H and O–H groups in total. The van der Waals surface area contributed by atoms with Gasteiger partial charge in [-0.2, -0.15) is 0 Å². The molecule has 0 aliphatic carbocycles. The maximum atomic E-state index is 12.2. The number of rotatable bonds is 7. The van der Waals surface area contributed by atoms with E-state index in [2.05, 4.69) is 15.0 Å². The number of esters is 1. The molecule has 1 unspecified atom stereocenters. The molecule has 1 aliphatic rings. The Morgan fingerprint density at radius 1 is 1.44 bits per heavy atom. The fourth-order valence-corrected chi connectivity index (χ4v) is 5.39. The van der Waals surface area contributed by atoms with Crippen molar-refractivity contribution in [3.8, 4) is 0 Å². The van der Waals surface area contributed by atoms with Crippen molar-refractivity contribution < 1.29 is 17.9 Å². The minimum atomic E-state index is -3.57. The van der Waals surface area contributed by atoms with Crippen molar-refractivity contribution in [2.24, 2.45) is 10.9 Å². The Hall–Kier alpha value is -1.36. The second-order valence-corrected chi connectivity index (χ2v) is 9.68. The van der Waals surface area contributed by atoms with Gasteiger partial charge in [0.05, 0.1) is 16.9 Å². The first-order valence-corrected chi connectivity index (χ1v) is 11.4. The normalized spacial score (nSPS) is 18.4. The van der Waals surface area contributed by atoms with Crippen LogP contribution in [0.5, 0.6) is 0 Å². The van der Waals surface area contributed by atoms with Crippen molar-refractivity contribution in [3.05, 3.63) is 16.5 Å². The van der Waals surface area contributed by atoms with Crippen molar-refractivity contribution in [1.29, 1.82) is 0 Å². The summed E-state index contributed by atoms with van der Waals surface area (Å²) in [5.74, 6) is 0.293. The Morgan fingerprint density at radius 3 is 2.85 bits per heavy atom. The van der Waals surface area contributed by atoms with E-state index in [1.54, 1.807) is 20.0 Å². The Kier molecular flexibility index (Phi) is 8.33. The van der Waals surface area contributed by atoms with Crippen molar-refractivity contribution in [3.63, 3.8) is 0 Å². The minimum Gasteiger partial charge on any atom is -0.466 e. The standard InChI is InChI=1S/C16H25ClN4O4S2/c1-3-25-15(22)12-5-4-10-21(11-12)16(18-2)19-8-9-20-27(23,24)14-7-6-13(17)26-14/h6-7,12,20H,3-5,8-11H2,1-2H3,(H,18,19). The predicted octanol–water partition coefficient (Wildman–Crippen LogP) is 1.53. The zero-order valence-electron chi connectivity index (χ0n) is 15.4. The van der Waals surface area contributed by atoms with Gasteiger partial charge < -0.3 is 15.0 Å². The Morgan fingerprint density at radius 2 is 2.22 bits per heavy atom. The fourth-order valence-electron chi connectivity index (χ4n) is 2.83. The van der Waals surface area contributed by atoms with Gasteiger partial charge in [-0.15, -0.1) is 11.3 Å². The molecule has 0 radical (unpaired) electrons. The van der Waals surface area contributed by atoms with Gasteiger partial charge in [0.15, 0.2) is 5.96 Å². The number of piperidine rings is 1. The first kappa shape index (κ1) is 21.9. The molecular weight excluding hydrogens is 412 g/mol. The largest absolute Gasteiger partial charge is 0.466 e. The van der Waals surface area contributed by atoms with Gasteiger partial charge in [-0.1, -0.05) is 11.6 Å². The number of hydrogen-bond acceptors (Lipinski definition) is 6. The maximum Gasteiger partial charge on any atom is 0.310 e. The zero-order valence-corrected chi connectivity index (χ0v) is 17.8. The zero-order chi connectivity index (χ0) is 19.9. The highest BCUT2D eigenvalue weighted by atomic mass is 35.5. The van der Waals surface area contributed by atoms with Crippen molar-refractivity contribution in [2.45, 2.75) is 24.0 Å². The Labute approximate surface area is 169 Å². The number of sulfonamides is 1. The predicted molar refractivity (Wildman–Crippen MR) is 107 cm³/mol. The molecule has 0 amide bonds. The number of nitrogens with zero attached hydrogens (tertiary/aromatic N) is 2. The summed E-state index contributed by atoms with van der Waals surface area (Å²) in [6.07, 6.45) is 1.67. The van der Waals surface area contributed by atoms with Crippen LogP contribution in [0, 0.1) is 5.92 Å². The highest BCUT2D eigenvalue weighted by molar-refractivity contribution is 7.91. The molecular formula is C16H25ClN4O4S2. The van der Waals surface area contributed by atoms with Crippen LogP contribution in [0.2, 0.25) is 4.34 Å². The van der Waals surface area contributed by atoms with E-state index in [4.69, 9.17) is 16.3 Å². The van der Waals surface area contributed by atoms with E-state index in [0.29, 0.717) is 30.0 Å². The molecule has 8 nitrogen and oxygen atoms in total. The van der Waals surface area contributed by atoms with E-state index in [9.17, 15) is 13.2 Å². The number of likely N-dealkylation sites (tertiary alicyclic amines) is 1. The molecule has 27 heavy (non-hydrogen) atoms. The van der Waals surface area contributed by atoms with Crippen LogP contribution in [0.4, 0.5) is 0 Å². The SMILES string of the molecule is CCOC(=O)C1CCCN(C(=NC)NCCNS(=O)(=O)c2ccc(Cl)s2)C1. The highest BCUT2D eigenvalue weighted by Crippen LogP contribution is 2.25. The van der Waals surface area contributed by atoms with E-state index in [1.807, 2.05) is 4.90 Å². The van der Waals surface area contributed by atoms with E-state index < -0.39 is 10.0 Å². The lowest BCUT2D eigenvalue weighted by Crippen LogP contribution is -2.49. The number of carbonyl (C=O) groups excluding carboxylic acids is 1. The number of aliphatic imine (C=N–C) groups is 1. The number of thiophene rings is 1. The van der Waals surface area contributed by atoms with E-state index in [-0.39, 0.29) is 22.6 Å². The number of ether oxygens (including phenoxy) is 1. The molecule has 1 saturated heterocycles. The molecule has 1 aromatic rings. The molecule has 2 heterocycles. The second-order valence-electron chi connectivity index (χ2n) is 5.97. The van der Waals surface area contributed by atoms with Crippen LogP contribution in [0.15, 0.2) is 21.3 Å². The summed E-state index contributed by atoms with van der Waals surface area (Å²) in [5.41, 5.74) is 0. The molecule has 1 aliphatic heterocycles. The molecule has 152 valence electrons. The summed E-state index contributed by atoms with van der Waals surface area (Å²) >= 11 is 6.80. The van der Waals surface area contributed by atoms with Gasteiger partial charge >= 0.3 is 5.97 Å². The van der Waals surface area contributed by atoms with Crippen LogP contribution in [-0.2, 0) is 19.6 Å². The first-order valence-electron chi connectivity index (χ1n) is 8.74. The van der Waals surface area contributed by atoms with Gasteiger partial charge in [0, 0.05) is 33.2 Å². The van der Waals surface area contributed by atoms with Gasteiger partial charge in [0.2, 0.25) is 10.0 Å². The number of hydrogen-bond donors (Lipinski definition) is 2. The number of guanidine groups is 1. The van der Waals surface area contributed by atoms with E-state index in [1.165, 1.54) is 6.07 Å². The third-order valence-electron chi connectivity index (χ3n) is 4.07. The van der Waals surface area contributed by atoms with Crippen molar-refractivity contribution in [1.82, 2.24) is 14.9 Å². The van der Waals surface area contributed by atoms with Crippen LogP contribution >= 0.6 is 22.9 Å². The summed E-state index contributed by atoms with van der Waals surface area (Å²) in [6.45, 7) is 4.06. The molecule has 0 bridgehead atoms. The van der Waals surface area contributed by atoms with Gasteiger partial charge in [-0.3, -0.25) is 9.79 Å². The van der Waals surface area contributed by atoms with Crippen molar-refractivity contribution in [2.75, 3.05) is 39.8 Å². The maximum absolute atomic E-state index is 12.2. The molecule has 1 atom stereocenters. The number of halogens is 1. The van der Waals surface area contributed by atoms with Crippen LogP contribution < -0.4 is 10.0 Å². The lowest BCUT2D eigenvalue weighted by molar-refractivity contribution is -0.149. The monoisotopic (exact) mass is 436 g/mol. The molecule has 1 fully saturated rings. The average Bonchev–Trinajstić information content (AvgIpc) is 3.09. The van der Waals surface area contributed by atoms with Crippen LogP contribution in [0.1, 0.15) is 19.8 Å². The number of nitrogens with one attached hydrogen (secondary N) is 2. The van der Waals surface area contributed by atoms with E-state index >= 15 is 0 Å². The highest BCUT2D eigenvalue weighted by Gasteiger charge is 2.28. The van der Waals surface area contributed by atoms with Crippen molar-refractivity contribution >= 4 is 44.9 Å². The number of carbonyl (C=O) groups is 1. The molecule has 0 spiro atoms. The summed E-state index contributed by atoms with van der Waals surface area (Å²) in [6, 6.07) is 3.03. The third-order valence-corrected chi connectivity index (χ3v) is 7.25. The van der Waals surface area contributed by atoms with Gasteiger partial charge in [0.25, 0.3) is 0 Å². The quantitative estimate of drug-likeness (QED) is 0.291. The smallest absolute Gasteiger partial charge is 0.310 e. The minimum absolute atomic E-state index is 0.167. The topological polar surface area (TPSA) is 100 Å². The van der Waals surface area contributed by atoms with E-state index in [0.717, 1.165) is 30.7 Å². The lowest BCUT2D eigenvalue weighted by atomic mass is 9.98. The summed E-state index contributed by atoms with van der Waals surface area (Å²) in [5, 5.41) is 3.13. The molecule has 2 rings (SSSR count). The average molecular weight is 437 g/mol. The third kappa shape index (κ3) is 6.34. The van der Waals surface area contributed by atoms with Gasteiger partial charge in [-0.25, -0.2) is 13.1 Å². The second kappa shape index (κ2) is 10.3. The lowest BCUT2D eigenvalue weighted by Gasteiger charge is -2.33. The summed E-state index contributed by atoms with van der Waals surface area (Å²) in [7, 11) is -1.91. The van der Waals surface area contributed by atoms with Crippen LogP contribution in [0.25, 0.3) is 0 Å². The summed E-state index contributed by atoms with van der Waals surface area (Å²) < 4.78 is 32.6. The molecule has 11 heteroatoms. The molecule has 0 saturated carbocycles. The summed E-state index contributed by atoms with van der Waals surface area (Å²) in [4.78, 5) is 18.2. The van der Waals surface area contributed by atoms with Crippen LogP contribution in [0.3, 0.4) is 0 Å². The molecule has 1 aromatic heterocycles. The fraction of sp³-hybridized carbons (Fsp3) is 0.625. The molecule has 0 aromatic carbocycles.